The van der Waals surface area contributed by atoms with Crippen LogP contribution < -0.4 is 5.32 Å². The molecule has 1 aromatic heterocycles. The molecule has 108 valence electrons. The summed E-state index contributed by atoms with van der Waals surface area (Å²) in [6.07, 6.45) is 3.41. The lowest BCUT2D eigenvalue weighted by Crippen LogP contribution is -2.25. The number of rotatable bonds is 5. The van der Waals surface area contributed by atoms with E-state index >= 15 is 0 Å². The highest BCUT2D eigenvalue weighted by molar-refractivity contribution is 5.27. The van der Waals surface area contributed by atoms with E-state index in [0.717, 1.165) is 12.1 Å². The topological polar surface area (TPSA) is 29.9 Å². The van der Waals surface area contributed by atoms with E-state index < -0.39 is 23.5 Å². The molecule has 2 aromatic rings. The second-order valence-corrected chi connectivity index (χ2v) is 4.36. The van der Waals surface area contributed by atoms with Gasteiger partial charge in [-0.05, 0) is 31.2 Å². The van der Waals surface area contributed by atoms with Gasteiger partial charge in [0.25, 0.3) is 0 Å². The minimum atomic E-state index is -1.46. The molecule has 3 nitrogen and oxygen atoms in total. The van der Waals surface area contributed by atoms with Crippen molar-refractivity contribution in [2.45, 2.75) is 26.4 Å². The van der Waals surface area contributed by atoms with Gasteiger partial charge in [0.15, 0.2) is 17.5 Å². The molecule has 0 saturated carbocycles. The fourth-order valence-corrected chi connectivity index (χ4v) is 2.15. The molecule has 1 N–H and O–H groups in total. The van der Waals surface area contributed by atoms with Crippen molar-refractivity contribution in [2.24, 2.45) is 0 Å². The third kappa shape index (κ3) is 2.70. The highest BCUT2D eigenvalue weighted by Gasteiger charge is 2.21. The van der Waals surface area contributed by atoms with Crippen LogP contribution in [0.15, 0.2) is 24.5 Å². The third-order valence-electron chi connectivity index (χ3n) is 3.09. The van der Waals surface area contributed by atoms with E-state index in [9.17, 15) is 13.2 Å². The lowest BCUT2D eigenvalue weighted by Gasteiger charge is -2.19. The molecule has 1 atom stereocenters. The maximum atomic E-state index is 13.4. The summed E-state index contributed by atoms with van der Waals surface area (Å²) in [4.78, 5) is 4.23. The Kier molecular flexibility index (Phi) is 4.44. The Hall–Kier alpha value is -1.82. The van der Waals surface area contributed by atoms with Crippen molar-refractivity contribution >= 4 is 0 Å². The number of imidazole rings is 1. The normalized spacial score (nSPS) is 12.7. The molecule has 0 bridgehead atoms. The summed E-state index contributed by atoms with van der Waals surface area (Å²) in [6.45, 7) is 5.09. The van der Waals surface area contributed by atoms with E-state index in [0.29, 0.717) is 24.5 Å². The van der Waals surface area contributed by atoms with Crippen molar-refractivity contribution in [1.29, 1.82) is 0 Å². The molecule has 0 fully saturated rings. The van der Waals surface area contributed by atoms with Gasteiger partial charge < -0.3 is 9.88 Å². The quantitative estimate of drug-likeness (QED) is 0.855. The molecule has 1 heterocycles. The van der Waals surface area contributed by atoms with Gasteiger partial charge in [0, 0.05) is 18.9 Å². The summed E-state index contributed by atoms with van der Waals surface area (Å²) in [6, 6.07) is 1.51. The molecule has 20 heavy (non-hydrogen) atoms. The van der Waals surface area contributed by atoms with E-state index in [2.05, 4.69) is 10.3 Å². The first kappa shape index (κ1) is 14.6. The van der Waals surface area contributed by atoms with Gasteiger partial charge in [-0.2, -0.15) is 0 Å². The van der Waals surface area contributed by atoms with Crippen LogP contribution in [0.5, 0.6) is 0 Å². The predicted octanol–water partition coefficient (Wildman–Crippen LogP) is 3.02. The fraction of sp³-hybridized carbons (Fsp3) is 0.357. The monoisotopic (exact) mass is 283 g/mol. The number of benzene rings is 1. The zero-order chi connectivity index (χ0) is 14.7. The summed E-state index contributed by atoms with van der Waals surface area (Å²) in [7, 11) is 0. The second-order valence-electron chi connectivity index (χ2n) is 4.36. The Morgan fingerprint density at radius 3 is 2.40 bits per heavy atom. The molecule has 0 aliphatic carbocycles. The van der Waals surface area contributed by atoms with Crippen molar-refractivity contribution < 1.29 is 13.2 Å². The number of aromatic nitrogens is 2. The van der Waals surface area contributed by atoms with E-state index in [4.69, 9.17) is 0 Å². The molecule has 0 radical (unpaired) electrons. The molecule has 2 rings (SSSR count). The van der Waals surface area contributed by atoms with Crippen molar-refractivity contribution in [2.75, 3.05) is 6.54 Å². The zero-order valence-corrected chi connectivity index (χ0v) is 11.3. The third-order valence-corrected chi connectivity index (χ3v) is 3.09. The fourth-order valence-electron chi connectivity index (χ4n) is 2.15. The molecule has 0 aliphatic heterocycles. The highest BCUT2D eigenvalue weighted by Crippen LogP contribution is 2.24. The standard InChI is InChI=1S/C14H16F3N3/c1-3-18-13(14-19-5-6-20(14)4-2)9-7-10(15)12(17)11(16)8-9/h5-8,13,18H,3-4H2,1-2H3. The summed E-state index contributed by atoms with van der Waals surface area (Å²) >= 11 is 0. The SMILES string of the molecule is CCNC(c1cc(F)c(F)c(F)c1)c1nccn1CC. The van der Waals surface area contributed by atoms with Gasteiger partial charge in [0.1, 0.15) is 5.82 Å². The largest absolute Gasteiger partial charge is 0.334 e. The maximum Gasteiger partial charge on any atom is 0.194 e. The number of halogens is 3. The smallest absolute Gasteiger partial charge is 0.194 e. The predicted molar refractivity (Wildman–Crippen MR) is 69.7 cm³/mol. The lowest BCUT2D eigenvalue weighted by atomic mass is 10.1. The van der Waals surface area contributed by atoms with Gasteiger partial charge in [0.2, 0.25) is 0 Å². The molecule has 0 aliphatic rings. The first-order valence-electron chi connectivity index (χ1n) is 6.47. The molecule has 1 unspecified atom stereocenters. The number of nitrogens with one attached hydrogen (secondary N) is 1. The number of nitrogens with zero attached hydrogens (tertiary/aromatic N) is 2. The molecule has 0 spiro atoms. The lowest BCUT2D eigenvalue weighted by molar-refractivity contribution is 0.441. The molecule has 1 aromatic carbocycles. The van der Waals surface area contributed by atoms with Crippen LogP contribution in [0.4, 0.5) is 13.2 Å². The van der Waals surface area contributed by atoms with Gasteiger partial charge in [-0.15, -0.1) is 0 Å². The van der Waals surface area contributed by atoms with Crippen molar-refractivity contribution in [3.63, 3.8) is 0 Å². The molecule has 0 saturated heterocycles. The Labute approximate surface area is 115 Å². The van der Waals surface area contributed by atoms with Crippen LogP contribution in [0.3, 0.4) is 0 Å². The van der Waals surface area contributed by atoms with Crippen LogP contribution in [0, 0.1) is 17.5 Å². The number of hydrogen-bond acceptors (Lipinski definition) is 2. The Morgan fingerprint density at radius 2 is 1.85 bits per heavy atom. The molecule has 0 amide bonds. The Balaban J connectivity index is 2.48. The average Bonchev–Trinajstić information content (AvgIpc) is 2.89. The van der Waals surface area contributed by atoms with Gasteiger partial charge in [-0.3, -0.25) is 0 Å². The minimum Gasteiger partial charge on any atom is -0.334 e. The number of hydrogen-bond donors (Lipinski definition) is 1. The molecular formula is C14H16F3N3. The van der Waals surface area contributed by atoms with E-state index in [1.807, 2.05) is 18.4 Å². The first-order valence-corrected chi connectivity index (χ1v) is 6.47. The van der Waals surface area contributed by atoms with E-state index in [-0.39, 0.29) is 0 Å². The van der Waals surface area contributed by atoms with Gasteiger partial charge in [-0.1, -0.05) is 6.92 Å². The van der Waals surface area contributed by atoms with E-state index in [1.165, 1.54) is 0 Å². The zero-order valence-electron chi connectivity index (χ0n) is 11.3. The first-order chi connectivity index (χ1) is 9.58. The van der Waals surface area contributed by atoms with Crippen LogP contribution in [0.1, 0.15) is 31.3 Å². The minimum absolute atomic E-state index is 0.309. The Bertz CT molecular complexity index is 572. The Morgan fingerprint density at radius 1 is 1.20 bits per heavy atom. The summed E-state index contributed by atoms with van der Waals surface area (Å²) in [5, 5.41) is 3.11. The number of aryl methyl sites for hydroxylation is 1. The second kappa shape index (κ2) is 6.09. The van der Waals surface area contributed by atoms with Crippen molar-refractivity contribution in [3.05, 3.63) is 53.4 Å². The van der Waals surface area contributed by atoms with E-state index in [1.54, 1.807) is 12.4 Å². The van der Waals surface area contributed by atoms with Gasteiger partial charge in [-0.25, -0.2) is 18.2 Å². The van der Waals surface area contributed by atoms with Crippen LogP contribution >= 0.6 is 0 Å². The average molecular weight is 283 g/mol. The van der Waals surface area contributed by atoms with Gasteiger partial charge >= 0.3 is 0 Å². The van der Waals surface area contributed by atoms with Crippen LogP contribution in [-0.4, -0.2) is 16.1 Å². The van der Waals surface area contributed by atoms with Crippen LogP contribution in [0.2, 0.25) is 0 Å². The van der Waals surface area contributed by atoms with Gasteiger partial charge in [0.05, 0.1) is 6.04 Å². The molecular weight excluding hydrogens is 267 g/mol. The highest BCUT2D eigenvalue weighted by atomic mass is 19.2. The molecule has 6 heteroatoms. The van der Waals surface area contributed by atoms with Crippen LogP contribution in [0.25, 0.3) is 0 Å². The summed E-state index contributed by atoms with van der Waals surface area (Å²) in [5.41, 5.74) is 0.309. The van der Waals surface area contributed by atoms with Crippen molar-refractivity contribution in [1.82, 2.24) is 14.9 Å². The summed E-state index contributed by atoms with van der Waals surface area (Å²) in [5.74, 6) is -3.21. The van der Waals surface area contributed by atoms with Crippen LogP contribution in [-0.2, 0) is 6.54 Å². The van der Waals surface area contributed by atoms with Crippen molar-refractivity contribution in [3.8, 4) is 0 Å². The summed E-state index contributed by atoms with van der Waals surface area (Å²) < 4.78 is 41.7. The maximum absolute atomic E-state index is 13.4.